The Balaban J connectivity index is 3.32. The molecule has 0 atom stereocenters. The van der Waals surface area contributed by atoms with Gasteiger partial charge in [-0.2, -0.15) is 5.26 Å². The van der Waals surface area contributed by atoms with Crippen LogP contribution in [0.25, 0.3) is 0 Å². The molecule has 2 nitrogen and oxygen atoms in total. The van der Waals surface area contributed by atoms with Gasteiger partial charge in [0.05, 0.1) is 16.3 Å². The average molecular weight is 203 g/mol. The third-order valence-electron chi connectivity index (χ3n) is 1.49. The number of nitriles is 1. The summed E-state index contributed by atoms with van der Waals surface area (Å²) in [6.45, 7) is 1.48. The monoisotopic (exact) mass is 202 g/mol. The molecular weight excluding hydrogens is 198 g/mol. The molecule has 0 aliphatic heterocycles. The van der Waals surface area contributed by atoms with Crippen LogP contribution in [0.2, 0.25) is 5.02 Å². The van der Waals surface area contributed by atoms with E-state index >= 15 is 0 Å². The van der Waals surface area contributed by atoms with E-state index in [1.54, 1.807) is 6.07 Å². The lowest BCUT2D eigenvalue weighted by Crippen LogP contribution is -1.95. The summed E-state index contributed by atoms with van der Waals surface area (Å²) >= 11 is 5.64. The quantitative estimate of drug-likeness (QED) is 0.702. The number of nitrogens with zero attached hydrogens (tertiary/aromatic N) is 2. The minimum atomic E-state index is -2.68. The van der Waals surface area contributed by atoms with Gasteiger partial charge in [-0.15, -0.1) is 0 Å². The molecule has 5 heteroatoms. The molecule has 0 N–H and O–H groups in total. The minimum Gasteiger partial charge on any atom is -0.251 e. The molecule has 0 saturated carbocycles. The van der Waals surface area contributed by atoms with Crippen molar-refractivity contribution in [1.29, 1.82) is 5.26 Å². The highest BCUT2D eigenvalue weighted by atomic mass is 35.5. The molecule has 0 saturated heterocycles. The second-order valence-corrected chi connectivity index (χ2v) is 2.78. The van der Waals surface area contributed by atoms with Gasteiger partial charge < -0.3 is 0 Å². The van der Waals surface area contributed by atoms with E-state index in [2.05, 4.69) is 4.98 Å². The normalized spacial score (nSPS) is 10.2. The van der Waals surface area contributed by atoms with Gasteiger partial charge in [0.25, 0.3) is 6.43 Å². The number of aryl methyl sites for hydroxylation is 1. The molecule has 0 amide bonds. The molecule has 0 spiro atoms. The maximum atomic E-state index is 12.2. The number of hydrogen-bond acceptors (Lipinski definition) is 2. The first kappa shape index (κ1) is 9.87. The number of rotatable bonds is 1. The Morgan fingerprint density at radius 1 is 1.62 bits per heavy atom. The van der Waals surface area contributed by atoms with Gasteiger partial charge in [0.1, 0.15) is 11.8 Å². The second kappa shape index (κ2) is 3.67. The molecule has 0 bridgehead atoms. The van der Waals surface area contributed by atoms with Crippen LogP contribution in [-0.2, 0) is 0 Å². The van der Waals surface area contributed by atoms with E-state index in [-0.39, 0.29) is 16.3 Å². The number of alkyl halides is 2. The Kier molecular flexibility index (Phi) is 2.79. The molecular formula is C8H5ClF2N2. The van der Waals surface area contributed by atoms with Crippen molar-refractivity contribution >= 4 is 11.6 Å². The van der Waals surface area contributed by atoms with Gasteiger partial charge in [-0.25, -0.2) is 8.78 Å². The molecule has 1 heterocycles. The van der Waals surface area contributed by atoms with Crippen LogP contribution in [0.4, 0.5) is 8.78 Å². The van der Waals surface area contributed by atoms with Crippen LogP contribution in [0, 0.1) is 18.3 Å². The van der Waals surface area contributed by atoms with E-state index < -0.39 is 12.1 Å². The second-order valence-electron chi connectivity index (χ2n) is 2.41. The molecule has 0 aliphatic rings. The molecule has 1 rings (SSSR count). The summed E-state index contributed by atoms with van der Waals surface area (Å²) in [4.78, 5) is 3.55. The Morgan fingerprint density at radius 2 is 2.23 bits per heavy atom. The molecule has 0 unspecified atom stereocenters. The van der Waals surface area contributed by atoms with Crippen molar-refractivity contribution in [2.75, 3.05) is 0 Å². The van der Waals surface area contributed by atoms with Gasteiger partial charge in [0.2, 0.25) is 0 Å². The van der Waals surface area contributed by atoms with Crippen molar-refractivity contribution in [2.24, 2.45) is 0 Å². The van der Waals surface area contributed by atoms with Crippen molar-refractivity contribution in [1.82, 2.24) is 4.98 Å². The summed E-state index contributed by atoms with van der Waals surface area (Å²) < 4.78 is 24.4. The number of pyridine rings is 1. The Bertz CT molecular complexity index is 371. The van der Waals surface area contributed by atoms with E-state index in [0.717, 1.165) is 6.07 Å². The summed E-state index contributed by atoms with van der Waals surface area (Å²) in [7, 11) is 0. The Hall–Kier alpha value is -1.21. The van der Waals surface area contributed by atoms with Crippen LogP contribution >= 0.6 is 11.6 Å². The van der Waals surface area contributed by atoms with Crippen molar-refractivity contribution in [3.8, 4) is 6.07 Å². The summed E-state index contributed by atoms with van der Waals surface area (Å²) in [5, 5.41) is 8.67. The first-order valence-electron chi connectivity index (χ1n) is 3.41. The van der Waals surface area contributed by atoms with Gasteiger partial charge in [-0.05, 0) is 13.0 Å². The maximum Gasteiger partial charge on any atom is 0.280 e. The van der Waals surface area contributed by atoms with Crippen LogP contribution in [-0.4, -0.2) is 4.98 Å². The topological polar surface area (TPSA) is 36.7 Å². The van der Waals surface area contributed by atoms with Gasteiger partial charge in [0.15, 0.2) is 0 Å². The van der Waals surface area contributed by atoms with E-state index in [1.807, 2.05) is 0 Å². The zero-order chi connectivity index (χ0) is 10.0. The molecule has 1 aromatic heterocycles. The molecule has 0 aliphatic carbocycles. The lowest BCUT2D eigenvalue weighted by molar-refractivity contribution is 0.146. The van der Waals surface area contributed by atoms with E-state index in [0.29, 0.717) is 0 Å². The first-order chi connectivity index (χ1) is 6.06. The molecule has 1 aromatic rings. The molecule has 0 radical (unpaired) electrons. The van der Waals surface area contributed by atoms with Crippen LogP contribution in [0.3, 0.4) is 0 Å². The standard InChI is InChI=1S/C8H5ClF2N2/c1-4-7(9)5(3-12)2-6(13-4)8(10)11/h2,8H,1H3. The highest BCUT2D eigenvalue weighted by molar-refractivity contribution is 6.32. The fourth-order valence-electron chi connectivity index (χ4n) is 0.874. The van der Waals surface area contributed by atoms with Crippen molar-refractivity contribution in [3.05, 3.63) is 28.0 Å². The van der Waals surface area contributed by atoms with Crippen LogP contribution in [0.1, 0.15) is 23.4 Å². The molecule has 0 aromatic carbocycles. The van der Waals surface area contributed by atoms with Crippen molar-refractivity contribution in [2.45, 2.75) is 13.3 Å². The fourth-order valence-corrected chi connectivity index (χ4v) is 1.01. The summed E-state index contributed by atoms with van der Waals surface area (Å²) in [6.07, 6.45) is -2.68. The Morgan fingerprint density at radius 3 is 2.69 bits per heavy atom. The third-order valence-corrected chi connectivity index (χ3v) is 1.96. The summed E-state index contributed by atoms with van der Waals surface area (Å²) in [5.41, 5.74) is -0.140. The molecule has 68 valence electrons. The Labute approximate surface area is 78.8 Å². The van der Waals surface area contributed by atoms with Crippen LogP contribution in [0.15, 0.2) is 6.07 Å². The van der Waals surface area contributed by atoms with Gasteiger partial charge in [-0.1, -0.05) is 11.6 Å². The van der Waals surface area contributed by atoms with Crippen LogP contribution < -0.4 is 0 Å². The predicted molar refractivity (Wildman–Crippen MR) is 43.7 cm³/mol. The zero-order valence-electron chi connectivity index (χ0n) is 6.68. The van der Waals surface area contributed by atoms with Gasteiger partial charge in [-0.3, -0.25) is 4.98 Å². The summed E-state index contributed by atoms with van der Waals surface area (Å²) in [5.74, 6) is 0. The zero-order valence-corrected chi connectivity index (χ0v) is 7.44. The molecule has 0 fully saturated rings. The molecule has 13 heavy (non-hydrogen) atoms. The number of halogens is 3. The van der Waals surface area contributed by atoms with E-state index in [9.17, 15) is 8.78 Å². The van der Waals surface area contributed by atoms with E-state index in [4.69, 9.17) is 16.9 Å². The smallest absolute Gasteiger partial charge is 0.251 e. The highest BCUT2D eigenvalue weighted by Crippen LogP contribution is 2.24. The lowest BCUT2D eigenvalue weighted by atomic mass is 10.2. The fraction of sp³-hybridized carbons (Fsp3) is 0.250. The van der Waals surface area contributed by atoms with Crippen molar-refractivity contribution in [3.63, 3.8) is 0 Å². The van der Waals surface area contributed by atoms with Crippen molar-refractivity contribution < 1.29 is 8.78 Å². The number of aromatic nitrogens is 1. The first-order valence-corrected chi connectivity index (χ1v) is 3.79. The minimum absolute atomic E-state index is 0.0319. The van der Waals surface area contributed by atoms with E-state index in [1.165, 1.54) is 6.92 Å². The third kappa shape index (κ3) is 1.93. The van der Waals surface area contributed by atoms with Crippen LogP contribution in [0.5, 0.6) is 0 Å². The predicted octanol–water partition coefficient (Wildman–Crippen LogP) is 2.85. The lowest BCUT2D eigenvalue weighted by Gasteiger charge is -2.03. The highest BCUT2D eigenvalue weighted by Gasteiger charge is 2.13. The van der Waals surface area contributed by atoms with Gasteiger partial charge in [0, 0.05) is 0 Å². The maximum absolute atomic E-state index is 12.2. The summed E-state index contributed by atoms with van der Waals surface area (Å²) in [6, 6.07) is 2.73. The average Bonchev–Trinajstić information content (AvgIpc) is 2.09. The van der Waals surface area contributed by atoms with Gasteiger partial charge >= 0.3 is 0 Å². The largest absolute Gasteiger partial charge is 0.280 e. The number of hydrogen-bond donors (Lipinski definition) is 0. The SMILES string of the molecule is Cc1nc(C(F)F)cc(C#N)c1Cl.